The average molecular weight is 338 g/mol. The number of halogens is 1. The number of fused-ring (bicyclic) bond motifs is 1. The van der Waals surface area contributed by atoms with Gasteiger partial charge in [0.25, 0.3) is 0 Å². The molecule has 1 atom stereocenters. The van der Waals surface area contributed by atoms with Crippen LogP contribution in [0.5, 0.6) is 0 Å². The highest BCUT2D eigenvalue weighted by Gasteiger charge is 2.30. The lowest BCUT2D eigenvalue weighted by molar-refractivity contribution is -0.123. The smallest absolute Gasteiger partial charge is 0.227 e. The van der Waals surface area contributed by atoms with E-state index in [-0.39, 0.29) is 23.7 Å². The lowest BCUT2D eigenvalue weighted by Crippen LogP contribution is -2.45. The molecule has 0 aromatic heterocycles. The number of hydrogen-bond acceptors (Lipinski definition) is 2. The molecule has 1 saturated heterocycles. The molecule has 1 heterocycles. The second-order valence-corrected chi connectivity index (χ2v) is 7.04. The van der Waals surface area contributed by atoms with Gasteiger partial charge in [0.1, 0.15) is 5.82 Å². The summed E-state index contributed by atoms with van der Waals surface area (Å²) in [5.74, 6) is -0.0285. The number of rotatable bonds is 3. The third-order valence-corrected chi connectivity index (χ3v) is 5.48. The van der Waals surface area contributed by atoms with Gasteiger partial charge in [-0.05, 0) is 61.1 Å². The molecule has 1 aliphatic heterocycles. The van der Waals surface area contributed by atoms with Gasteiger partial charge in [0, 0.05) is 24.8 Å². The van der Waals surface area contributed by atoms with Gasteiger partial charge in [-0.25, -0.2) is 4.39 Å². The number of carbonyl (C=O) groups is 1. The Hall–Kier alpha value is -2.36. The number of aryl methyl sites for hydroxylation is 1. The molecule has 3 nitrogen and oxygen atoms in total. The van der Waals surface area contributed by atoms with Crippen LogP contribution in [0.1, 0.15) is 36.3 Å². The minimum atomic E-state index is -0.206. The largest absolute Gasteiger partial charge is 0.371 e. The van der Waals surface area contributed by atoms with E-state index >= 15 is 0 Å². The number of carbonyl (C=O) groups excluding carboxylic acids is 1. The predicted molar refractivity (Wildman–Crippen MR) is 97.3 cm³/mol. The van der Waals surface area contributed by atoms with Crippen molar-refractivity contribution in [3.05, 3.63) is 65.5 Å². The van der Waals surface area contributed by atoms with Crippen molar-refractivity contribution in [1.82, 2.24) is 5.32 Å². The topological polar surface area (TPSA) is 32.3 Å². The Balaban J connectivity index is 1.33. The van der Waals surface area contributed by atoms with E-state index < -0.39 is 0 Å². The van der Waals surface area contributed by atoms with Crippen LogP contribution in [-0.4, -0.2) is 25.0 Å². The van der Waals surface area contributed by atoms with Crippen molar-refractivity contribution >= 4 is 11.6 Å². The number of benzene rings is 2. The Morgan fingerprint density at radius 2 is 1.72 bits per heavy atom. The molecular formula is C21H23FN2O. The number of nitrogens with one attached hydrogen (secondary N) is 1. The maximum Gasteiger partial charge on any atom is 0.227 e. The van der Waals surface area contributed by atoms with E-state index in [1.807, 2.05) is 24.3 Å². The van der Waals surface area contributed by atoms with Crippen LogP contribution in [0.15, 0.2) is 48.5 Å². The first-order valence-electron chi connectivity index (χ1n) is 9.09. The van der Waals surface area contributed by atoms with Crippen molar-refractivity contribution in [2.45, 2.75) is 37.6 Å². The zero-order valence-electron chi connectivity index (χ0n) is 14.2. The summed E-state index contributed by atoms with van der Waals surface area (Å²) < 4.78 is 13.0. The van der Waals surface area contributed by atoms with Crippen LogP contribution in [0.4, 0.5) is 10.1 Å². The second kappa shape index (κ2) is 6.87. The molecule has 2 aliphatic rings. The first kappa shape index (κ1) is 16.1. The molecule has 1 amide bonds. The number of anilines is 1. The summed E-state index contributed by atoms with van der Waals surface area (Å²) in [6.07, 6.45) is 3.77. The minimum absolute atomic E-state index is 0.00586. The second-order valence-electron chi connectivity index (χ2n) is 7.04. The van der Waals surface area contributed by atoms with Gasteiger partial charge in [0.15, 0.2) is 0 Å². The molecule has 1 fully saturated rings. The average Bonchev–Trinajstić information content (AvgIpc) is 3.07. The zero-order chi connectivity index (χ0) is 17.2. The maximum absolute atomic E-state index is 13.0. The van der Waals surface area contributed by atoms with Crippen LogP contribution in [0.3, 0.4) is 0 Å². The third-order valence-electron chi connectivity index (χ3n) is 5.48. The molecule has 4 rings (SSSR count). The molecule has 0 spiro atoms. The zero-order valence-corrected chi connectivity index (χ0v) is 14.2. The summed E-state index contributed by atoms with van der Waals surface area (Å²) in [4.78, 5) is 15.0. The molecule has 25 heavy (non-hydrogen) atoms. The predicted octanol–water partition coefficient (Wildman–Crippen LogP) is 3.64. The van der Waals surface area contributed by atoms with E-state index in [1.54, 1.807) is 0 Å². The Bertz CT molecular complexity index is 751. The highest BCUT2D eigenvalue weighted by molar-refractivity contribution is 5.85. The molecule has 1 N–H and O–H groups in total. The van der Waals surface area contributed by atoms with Crippen molar-refractivity contribution in [2.75, 3.05) is 18.0 Å². The third kappa shape index (κ3) is 3.39. The Morgan fingerprint density at radius 1 is 1.00 bits per heavy atom. The van der Waals surface area contributed by atoms with E-state index in [0.29, 0.717) is 0 Å². The number of nitrogens with zero attached hydrogens (tertiary/aromatic N) is 1. The van der Waals surface area contributed by atoms with Gasteiger partial charge in [0.2, 0.25) is 5.91 Å². The Morgan fingerprint density at radius 3 is 2.48 bits per heavy atom. The highest BCUT2D eigenvalue weighted by Crippen LogP contribution is 2.33. The number of hydrogen-bond donors (Lipinski definition) is 1. The van der Waals surface area contributed by atoms with Gasteiger partial charge in [-0.3, -0.25) is 4.79 Å². The fourth-order valence-corrected chi connectivity index (χ4v) is 4.07. The summed E-state index contributed by atoms with van der Waals surface area (Å²) in [7, 11) is 0. The molecule has 130 valence electrons. The lowest BCUT2D eigenvalue weighted by atomic mass is 9.98. The van der Waals surface area contributed by atoms with Gasteiger partial charge in [-0.1, -0.05) is 24.3 Å². The molecular weight excluding hydrogens is 315 g/mol. The van der Waals surface area contributed by atoms with Crippen molar-refractivity contribution in [2.24, 2.45) is 0 Å². The maximum atomic E-state index is 13.0. The van der Waals surface area contributed by atoms with Crippen molar-refractivity contribution in [1.29, 1.82) is 0 Å². The fraction of sp³-hybridized carbons (Fsp3) is 0.381. The summed E-state index contributed by atoms with van der Waals surface area (Å²) in [6, 6.07) is 15.2. The normalized spacial score (nSPS) is 20.4. The first-order valence-corrected chi connectivity index (χ1v) is 9.09. The molecule has 0 radical (unpaired) electrons. The van der Waals surface area contributed by atoms with Gasteiger partial charge in [-0.15, -0.1) is 0 Å². The van der Waals surface area contributed by atoms with Crippen molar-refractivity contribution in [3.63, 3.8) is 0 Å². The number of piperidine rings is 1. The Kier molecular flexibility index (Phi) is 4.43. The van der Waals surface area contributed by atoms with Gasteiger partial charge < -0.3 is 10.2 Å². The van der Waals surface area contributed by atoms with Crippen LogP contribution in [0, 0.1) is 5.82 Å². The summed E-state index contributed by atoms with van der Waals surface area (Å²) in [5, 5.41) is 3.26. The quantitative estimate of drug-likeness (QED) is 0.927. The van der Waals surface area contributed by atoms with Gasteiger partial charge in [-0.2, -0.15) is 0 Å². The highest BCUT2D eigenvalue weighted by atomic mass is 19.1. The van der Waals surface area contributed by atoms with Crippen molar-refractivity contribution in [3.8, 4) is 0 Å². The van der Waals surface area contributed by atoms with Crippen LogP contribution in [0.25, 0.3) is 0 Å². The summed E-state index contributed by atoms with van der Waals surface area (Å²) in [6.45, 7) is 1.77. The van der Waals surface area contributed by atoms with E-state index in [0.717, 1.165) is 44.5 Å². The monoisotopic (exact) mass is 338 g/mol. The van der Waals surface area contributed by atoms with E-state index in [4.69, 9.17) is 0 Å². The van der Waals surface area contributed by atoms with E-state index in [9.17, 15) is 9.18 Å². The minimum Gasteiger partial charge on any atom is -0.371 e. The van der Waals surface area contributed by atoms with Crippen LogP contribution in [-0.2, 0) is 11.2 Å². The lowest BCUT2D eigenvalue weighted by Gasteiger charge is -2.34. The summed E-state index contributed by atoms with van der Waals surface area (Å²) in [5.41, 5.74) is 3.56. The number of amides is 1. The molecule has 0 bridgehead atoms. The van der Waals surface area contributed by atoms with Crippen LogP contribution < -0.4 is 10.2 Å². The molecule has 2 aromatic carbocycles. The Labute approximate surface area is 147 Å². The van der Waals surface area contributed by atoms with Gasteiger partial charge >= 0.3 is 0 Å². The van der Waals surface area contributed by atoms with Crippen molar-refractivity contribution < 1.29 is 9.18 Å². The fourth-order valence-electron chi connectivity index (χ4n) is 4.07. The summed E-state index contributed by atoms with van der Waals surface area (Å²) >= 11 is 0. The standard InChI is InChI=1S/C21H23FN2O/c22-16-6-8-18(9-7-16)24-13-11-17(12-14-24)23-21(25)20-10-5-15-3-1-2-4-19(15)20/h1-4,6-9,17,20H,5,10-14H2,(H,23,25)/t20-/m1/s1. The van der Waals surface area contributed by atoms with E-state index in [2.05, 4.69) is 22.3 Å². The molecule has 0 saturated carbocycles. The molecule has 0 unspecified atom stereocenters. The van der Waals surface area contributed by atoms with Crippen LogP contribution >= 0.6 is 0 Å². The van der Waals surface area contributed by atoms with Crippen LogP contribution in [0.2, 0.25) is 0 Å². The SMILES string of the molecule is O=C(NC1CCN(c2ccc(F)cc2)CC1)[C@@H]1CCc2ccccc21. The first-order chi connectivity index (χ1) is 12.2. The van der Waals surface area contributed by atoms with E-state index in [1.165, 1.54) is 23.3 Å². The molecule has 2 aromatic rings. The van der Waals surface area contributed by atoms with Gasteiger partial charge in [0.05, 0.1) is 5.92 Å². The molecule has 1 aliphatic carbocycles. The molecule has 4 heteroatoms.